The molecule has 0 radical (unpaired) electrons. The third-order valence-electron chi connectivity index (χ3n) is 4.18. The second-order valence-electron chi connectivity index (χ2n) is 6.10. The number of hydrogen-bond acceptors (Lipinski definition) is 6. The van der Waals surface area contributed by atoms with Crippen LogP contribution in [0.25, 0.3) is 0 Å². The molecule has 1 N–H and O–H groups in total. The molecule has 1 saturated heterocycles. The topological polar surface area (TPSA) is 71.0 Å². The maximum atomic E-state index is 12.3. The Morgan fingerprint density at radius 3 is 2.88 bits per heavy atom. The van der Waals surface area contributed by atoms with Gasteiger partial charge in [0.15, 0.2) is 5.13 Å². The maximum Gasteiger partial charge on any atom is 0.222 e. The number of amides is 1. The first-order valence-corrected chi connectivity index (χ1v) is 9.29. The highest BCUT2D eigenvalue weighted by atomic mass is 32.1. The lowest BCUT2D eigenvalue weighted by molar-refractivity contribution is -0.134. The lowest BCUT2D eigenvalue weighted by Crippen LogP contribution is -2.38. The van der Waals surface area contributed by atoms with Crippen molar-refractivity contribution in [2.45, 2.75) is 52.5 Å². The average Bonchev–Trinajstić information content (AvgIpc) is 2.98. The van der Waals surface area contributed by atoms with E-state index < -0.39 is 0 Å². The summed E-state index contributed by atoms with van der Waals surface area (Å²) in [6.45, 7) is 6.58. The number of carbonyl (C=O) groups is 1. The van der Waals surface area contributed by atoms with Gasteiger partial charge in [0, 0.05) is 24.4 Å². The number of likely N-dealkylation sites (tertiary alicyclic amines) is 1. The van der Waals surface area contributed by atoms with E-state index in [1.807, 2.05) is 37.1 Å². The molecule has 1 amide bonds. The number of nitrogens with one attached hydrogen (secondary N) is 1. The number of carbonyl (C=O) groups excluding carboxylic acids is 1. The third kappa shape index (κ3) is 3.72. The molecule has 6 nitrogen and oxygen atoms in total. The van der Waals surface area contributed by atoms with Crippen molar-refractivity contribution in [2.75, 3.05) is 11.9 Å². The monoisotopic (exact) mass is 345 g/mol. The third-order valence-corrected chi connectivity index (χ3v) is 5.05. The van der Waals surface area contributed by atoms with Gasteiger partial charge in [-0.2, -0.15) is 0 Å². The van der Waals surface area contributed by atoms with E-state index in [0.29, 0.717) is 12.2 Å². The number of rotatable bonds is 4. The molecule has 1 unspecified atom stereocenters. The minimum atomic E-state index is 0.0477. The molecule has 0 bridgehead atoms. The van der Waals surface area contributed by atoms with Crippen molar-refractivity contribution >= 4 is 28.2 Å². The summed E-state index contributed by atoms with van der Waals surface area (Å²) in [5.74, 6) is 1.64. The first-order chi connectivity index (χ1) is 11.6. The number of thiazole rings is 1. The Hall–Kier alpha value is -2.02. The molecule has 1 atom stereocenters. The van der Waals surface area contributed by atoms with Gasteiger partial charge in [-0.15, -0.1) is 11.3 Å². The van der Waals surface area contributed by atoms with Crippen molar-refractivity contribution in [2.24, 2.45) is 0 Å². The van der Waals surface area contributed by atoms with E-state index in [2.05, 4.69) is 20.3 Å². The van der Waals surface area contributed by atoms with Crippen molar-refractivity contribution < 1.29 is 4.79 Å². The summed E-state index contributed by atoms with van der Waals surface area (Å²) in [4.78, 5) is 27.7. The normalized spacial score (nSPS) is 17.8. The summed E-state index contributed by atoms with van der Waals surface area (Å²) in [6.07, 6.45) is 3.67. The first kappa shape index (κ1) is 16.8. The molecular formula is C17H23N5OS. The SMILES string of the molecule is CCC(=O)N1CCCCC1c1cc(Nc2nc(C)cs2)nc(C)n1. The minimum absolute atomic E-state index is 0.0477. The largest absolute Gasteiger partial charge is 0.334 e. The quantitative estimate of drug-likeness (QED) is 0.913. The number of aromatic nitrogens is 3. The lowest BCUT2D eigenvalue weighted by Gasteiger charge is -2.35. The summed E-state index contributed by atoms with van der Waals surface area (Å²) in [7, 11) is 0. The zero-order chi connectivity index (χ0) is 17.1. The van der Waals surface area contributed by atoms with E-state index in [4.69, 9.17) is 0 Å². The minimum Gasteiger partial charge on any atom is -0.334 e. The van der Waals surface area contributed by atoms with E-state index in [0.717, 1.165) is 48.1 Å². The van der Waals surface area contributed by atoms with Crippen molar-refractivity contribution in [1.29, 1.82) is 0 Å². The number of anilines is 2. The van der Waals surface area contributed by atoms with Crippen LogP contribution < -0.4 is 5.32 Å². The van der Waals surface area contributed by atoms with Crippen LogP contribution in [-0.4, -0.2) is 32.3 Å². The van der Waals surface area contributed by atoms with Crippen LogP contribution >= 0.6 is 11.3 Å². The van der Waals surface area contributed by atoms with Crippen molar-refractivity contribution in [3.8, 4) is 0 Å². The van der Waals surface area contributed by atoms with Crippen LogP contribution in [0.5, 0.6) is 0 Å². The average molecular weight is 345 g/mol. The van der Waals surface area contributed by atoms with Crippen LogP contribution in [0.3, 0.4) is 0 Å². The molecule has 3 heterocycles. The Morgan fingerprint density at radius 2 is 2.17 bits per heavy atom. The van der Waals surface area contributed by atoms with Gasteiger partial charge in [-0.25, -0.2) is 15.0 Å². The predicted octanol–water partition coefficient (Wildman–Crippen LogP) is 3.76. The fourth-order valence-corrected chi connectivity index (χ4v) is 3.78. The molecule has 3 rings (SSSR count). The highest BCUT2D eigenvalue weighted by molar-refractivity contribution is 7.13. The molecule has 24 heavy (non-hydrogen) atoms. The van der Waals surface area contributed by atoms with Crippen molar-refractivity contribution in [1.82, 2.24) is 19.9 Å². The number of piperidine rings is 1. The van der Waals surface area contributed by atoms with Gasteiger partial charge in [0.2, 0.25) is 5.91 Å². The first-order valence-electron chi connectivity index (χ1n) is 8.41. The van der Waals surface area contributed by atoms with Crippen LogP contribution in [-0.2, 0) is 4.79 Å². The molecule has 1 aliphatic rings. The van der Waals surface area contributed by atoms with E-state index in [-0.39, 0.29) is 11.9 Å². The molecule has 0 aromatic carbocycles. The Kier molecular flexibility index (Phi) is 5.08. The second-order valence-corrected chi connectivity index (χ2v) is 6.95. The molecule has 7 heteroatoms. The number of aryl methyl sites for hydroxylation is 2. The summed E-state index contributed by atoms with van der Waals surface area (Å²) < 4.78 is 0. The molecule has 0 saturated carbocycles. The molecule has 0 spiro atoms. The number of hydrogen-bond donors (Lipinski definition) is 1. The van der Waals surface area contributed by atoms with Gasteiger partial charge >= 0.3 is 0 Å². The van der Waals surface area contributed by atoms with E-state index in [1.165, 1.54) is 0 Å². The van der Waals surface area contributed by atoms with E-state index in [9.17, 15) is 4.79 Å². The Bertz CT molecular complexity index is 730. The summed E-state index contributed by atoms with van der Waals surface area (Å²) in [5.41, 5.74) is 1.90. The summed E-state index contributed by atoms with van der Waals surface area (Å²) >= 11 is 1.55. The zero-order valence-electron chi connectivity index (χ0n) is 14.4. The zero-order valence-corrected chi connectivity index (χ0v) is 15.2. The van der Waals surface area contributed by atoms with Crippen molar-refractivity contribution in [3.63, 3.8) is 0 Å². The predicted molar refractivity (Wildman–Crippen MR) is 95.5 cm³/mol. The summed E-state index contributed by atoms with van der Waals surface area (Å²) in [6, 6.07) is 2.00. The number of nitrogens with zero attached hydrogens (tertiary/aromatic N) is 4. The molecule has 128 valence electrons. The highest BCUT2D eigenvalue weighted by Crippen LogP contribution is 2.32. The van der Waals surface area contributed by atoms with Gasteiger partial charge in [-0.05, 0) is 33.1 Å². The van der Waals surface area contributed by atoms with Crippen LogP contribution in [0, 0.1) is 13.8 Å². The van der Waals surface area contributed by atoms with Gasteiger partial charge in [0.1, 0.15) is 11.6 Å². The standard InChI is InChI=1S/C17H23N5OS/c1-4-16(23)22-8-6-5-7-14(22)13-9-15(20-12(3)19-13)21-17-18-11(2)10-24-17/h9-10,14H,4-8H2,1-3H3,(H,18,19,20,21). The van der Waals surface area contributed by atoms with Crippen LogP contribution in [0.15, 0.2) is 11.4 Å². The van der Waals surface area contributed by atoms with Gasteiger partial charge in [0.25, 0.3) is 0 Å². The Morgan fingerprint density at radius 1 is 1.33 bits per heavy atom. The molecule has 2 aromatic rings. The smallest absolute Gasteiger partial charge is 0.222 e. The molecule has 1 aliphatic heterocycles. The van der Waals surface area contributed by atoms with Gasteiger partial charge in [-0.1, -0.05) is 6.92 Å². The molecule has 2 aromatic heterocycles. The van der Waals surface area contributed by atoms with Crippen molar-refractivity contribution in [3.05, 3.63) is 28.7 Å². The maximum absolute atomic E-state index is 12.3. The Labute approximate surface area is 146 Å². The second kappa shape index (κ2) is 7.25. The van der Waals surface area contributed by atoms with E-state index >= 15 is 0 Å². The van der Waals surface area contributed by atoms with Gasteiger partial charge in [-0.3, -0.25) is 4.79 Å². The lowest BCUT2D eigenvalue weighted by atomic mass is 9.98. The molecule has 1 fully saturated rings. The Balaban J connectivity index is 1.87. The molecular weight excluding hydrogens is 322 g/mol. The van der Waals surface area contributed by atoms with Crippen LogP contribution in [0.1, 0.15) is 55.9 Å². The van der Waals surface area contributed by atoms with E-state index in [1.54, 1.807) is 11.3 Å². The fourth-order valence-electron chi connectivity index (χ4n) is 3.09. The fraction of sp³-hybridized carbons (Fsp3) is 0.529. The van der Waals surface area contributed by atoms with Gasteiger partial charge < -0.3 is 10.2 Å². The highest BCUT2D eigenvalue weighted by Gasteiger charge is 2.28. The van der Waals surface area contributed by atoms with Crippen LogP contribution in [0.4, 0.5) is 10.9 Å². The van der Waals surface area contributed by atoms with Crippen LogP contribution in [0.2, 0.25) is 0 Å². The van der Waals surface area contributed by atoms with Gasteiger partial charge in [0.05, 0.1) is 17.4 Å². The molecule has 0 aliphatic carbocycles. The summed E-state index contributed by atoms with van der Waals surface area (Å²) in [5, 5.41) is 6.08.